The van der Waals surface area contributed by atoms with Crippen molar-refractivity contribution in [2.75, 3.05) is 6.54 Å². The van der Waals surface area contributed by atoms with Gasteiger partial charge in [0.25, 0.3) is 0 Å². The van der Waals surface area contributed by atoms with Crippen molar-refractivity contribution in [1.29, 1.82) is 0 Å². The van der Waals surface area contributed by atoms with E-state index in [0.717, 1.165) is 12.3 Å². The van der Waals surface area contributed by atoms with Gasteiger partial charge in [0.1, 0.15) is 18.1 Å². The number of aliphatic hydroxyl groups is 1. The summed E-state index contributed by atoms with van der Waals surface area (Å²) in [5.74, 6) is 2.48. The first-order valence-corrected chi connectivity index (χ1v) is 6.06. The minimum atomic E-state index is -0.0947. The number of amides is 1. The molecule has 2 heterocycles. The van der Waals surface area contributed by atoms with Gasteiger partial charge in [-0.25, -0.2) is 0 Å². The quantitative estimate of drug-likeness (QED) is 0.868. The van der Waals surface area contributed by atoms with Crippen LogP contribution in [-0.2, 0) is 17.9 Å². The summed E-state index contributed by atoms with van der Waals surface area (Å²) in [5, 5.41) is 8.90. The molecule has 1 N–H and O–H groups in total. The predicted octanol–water partition coefficient (Wildman–Crippen LogP) is 1.78. The molecule has 1 fully saturated rings. The van der Waals surface area contributed by atoms with Gasteiger partial charge in [0, 0.05) is 13.0 Å². The lowest BCUT2D eigenvalue weighted by Crippen LogP contribution is -2.24. The van der Waals surface area contributed by atoms with Crippen molar-refractivity contribution in [3.8, 4) is 0 Å². The maximum Gasteiger partial charge on any atom is 0.223 e. The highest BCUT2D eigenvalue weighted by molar-refractivity contribution is 5.78. The second kappa shape index (κ2) is 4.92. The Hall–Kier alpha value is -1.29. The highest BCUT2D eigenvalue weighted by Gasteiger charge is 2.31. The Morgan fingerprint density at radius 1 is 1.47 bits per heavy atom. The number of aliphatic hydroxyl groups excluding tert-OH is 1. The first-order chi connectivity index (χ1) is 8.10. The van der Waals surface area contributed by atoms with E-state index in [0.29, 0.717) is 30.6 Å². The molecule has 0 spiro atoms. The topological polar surface area (TPSA) is 53.7 Å². The number of likely N-dealkylation sites (tertiary alicyclic amines) is 1. The van der Waals surface area contributed by atoms with E-state index in [1.54, 1.807) is 6.07 Å². The van der Waals surface area contributed by atoms with E-state index < -0.39 is 0 Å². The summed E-state index contributed by atoms with van der Waals surface area (Å²) in [6, 6.07) is 3.57. The highest BCUT2D eigenvalue weighted by Crippen LogP contribution is 2.26. The van der Waals surface area contributed by atoms with Gasteiger partial charge in [0.2, 0.25) is 5.91 Å². The number of furan rings is 1. The molecule has 0 aromatic carbocycles. The fourth-order valence-corrected chi connectivity index (χ4v) is 2.18. The molecule has 0 radical (unpaired) electrons. The Labute approximate surface area is 101 Å². The summed E-state index contributed by atoms with van der Waals surface area (Å²) in [6.45, 7) is 5.53. The zero-order chi connectivity index (χ0) is 12.4. The summed E-state index contributed by atoms with van der Waals surface area (Å²) < 4.78 is 5.39. The summed E-state index contributed by atoms with van der Waals surface area (Å²) in [5.41, 5.74) is 0. The lowest BCUT2D eigenvalue weighted by molar-refractivity contribution is -0.128. The third-order valence-corrected chi connectivity index (χ3v) is 3.41. The molecule has 1 aromatic rings. The number of rotatable bonds is 4. The zero-order valence-electron chi connectivity index (χ0n) is 10.3. The van der Waals surface area contributed by atoms with E-state index in [9.17, 15) is 4.79 Å². The molecule has 1 atom stereocenters. The standard InChI is InChI=1S/C13H19NO3/c1-9(2)10-5-13(16)14(6-10)7-11-3-4-12(8-15)17-11/h3-4,9-10,15H,5-8H2,1-2H3. The molecule has 1 aliphatic heterocycles. The van der Waals surface area contributed by atoms with Gasteiger partial charge in [-0.15, -0.1) is 0 Å². The summed E-state index contributed by atoms with van der Waals surface area (Å²) in [7, 11) is 0. The maximum atomic E-state index is 11.8. The molecule has 1 saturated heterocycles. The van der Waals surface area contributed by atoms with E-state index >= 15 is 0 Å². The molecule has 94 valence electrons. The normalized spacial score (nSPS) is 20.6. The van der Waals surface area contributed by atoms with Crippen molar-refractivity contribution < 1.29 is 14.3 Å². The number of carbonyl (C=O) groups excluding carboxylic acids is 1. The second-order valence-corrected chi connectivity index (χ2v) is 5.01. The summed E-state index contributed by atoms with van der Waals surface area (Å²) in [4.78, 5) is 13.6. The third kappa shape index (κ3) is 2.69. The molecule has 4 heteroatoms. The smallest absolute Gasteiger partial charge is 0.223 e. The van der Waals surface area contributed by atoms with E-state index in [2.05, 4.69) is 13.8 Å². The molecular weight excluding hydrogens is 218 g/mol. The Bertz CT molecular complexity index is 397. The predicted molar refractivity (Wildman–Crippen MR) is 63.0 cm³/mol. The van der Waals surface area contributed by atoms with Crippen LogP contribution in [0.3, 0.4) is 0 Å². The molecule has 1 aliphatic rings. The minimum Gasteiger partial charge on any atom is -0.462 e. The van der Waals surface area contributed by atoms with Gasteiger partial charge in [-0.05, 0) is 24.0 Å². The monoisotopic (exact) mass is 237 g/mol. The number of carbonyl (C=O) groups is 1. The average molecular weight is 237 g/mol. The summed E-state index contributed by atoms with van der Waals surface area (Å²) >= 11 is 0. The Balaban J connectivity index is 1.97. The highest BCUT2D eigenvalue weighted by atomic mass is 16.4. The lowest BCUT2D eigenvalue weighted by atomic mass is 9.95. The first-order valence-electron chi connectivity index (χ1n) is 6.06. The van der Waals surface area contributed by atoms with Crippen molar-refractivity contribution in [3.63, 3.8) is 0 Å². The largest absolute Gasteiger partial charge is 0.462 e. The van der Waals surface area contributed by atoms with Crippen LogP contribution in [0.2, 0.25) is 0 Å². The molecular formula is C13H19NO3. The van der Waals surface area contributed by atoms with E-state index in [1.807, 2.05) is 11.0 Å². The van der Waals surface area contributed by atoms with Crippen molar-refractivity contribution in [3.05, 3.63) is 23.7 Å². The van der Waals surface area contributed by atoms with Gasteiger partial charge in [-0.3, -0.25) is 4.79 Å². The minimum absolute atomic E-state index is 0.0947. The fraction of sp³-hybridized carbons (Fsp3) is 0.615. The van der Waals surface area contributed by atoms with Gasteiger partial charge in [-0.2, -0.15) is 0 Å². The molecule has 1 amide bonds. The Morgan fingerprint density at radius 3 is 2.71 bits per heavy atom. The Kier molecular flexibility index (Phi) is 3.52. The SMILES string of the molecule is CC(C)C1CC(=O)N(Cc2ccc(CO)o2)C1. The second-order valence-electron chi connectivity index (χ2n) is 5.01. The van der Waals surface area contributed by atoms with Crippen LogP contribution in [0.15, 0.2) is 16.5 Å². The van der Waals surface area contributed by atoms with Crippen LogP contribution in [0.1, 0.15) is 31.8 Å². The van der Waals surface area contributed by atoms with Gasteiger partial charge in [0.15, 0.2) is 0 Å². The molecule has 17 heavy (non-hydrogen) atoms. The van der Waals surface area contributed by atoms with Crippen LogP contribution in [0.25, 0.3) is 0 Å². The Morgan fingerprint density at radius 2 is 2.18 bits per heavy atom. The number of hydrogen-bond donors (Lipinski definition) is 1. The molecule has 1 aromatic heterocycles. The van der Waals surface area contributed by atoms with Gasteiger partial charge >= 0.3 is 0 Å². The molecule has 2 rings (SSSR count). The van der Waals surface area contributed by atoms with E-state index in [4.69, 9.17) is 9.52 Å². The maximum absolute atomic E-state index is 11.8. The van der Waals surface area contributed by atoms with E-state index in [-0.39, 0.29) is 12.5 Å². The van der Waals surface area contributed by atoms with Crippen LogP contribution >= 0.6 is 0 Å². The van der Waals surface area contributed by atoms with Crippen molar-refractivity contribution in [1.82, 2.24) is 4.90 Å². The van der Waals surface area contributed by atoms with E-state index in [1.165, 1.54) is 0 Å². The molecule has 0 bridgehead atoms. The van der Waals surface area contributed by atoms with Crippen LogP contribution in [-0.4, -0.2) is 22.5 Å². The number of nitrogens with zero attached hydrogens (tertiary/aromatic N) is 1. The van der Waals surface area contributed by atoms with Gasteiger partial charge < -0.3 is 14.4 Å². The van der Waals surface area contributed by atoms with Crippen LogP contribution in [0.5, 0.6) is 0 Å². The fourth-order valence-electron chi connectivity index (χ4n) is 2.18. The molecule has 0 aliphatic carbocycles. The van der Waals surface area contributed by atoms with Crippen molar-refractivity contribution in [2.24, 2.45) is 11.8 Å². The van der Waals surface area contributed by atoms with Crippen LogP contribution < -0.4 is 0 Å². The zero-order valence-corrected chi connectivity index (χ0v) is 10.3. The molecule has 0 saturated carbocycles. The van der Waals surface area contributed by atoms with Gasteiger partial charge in [-0.1, -0.05) is 13.8 Å². The van der Waals surface area contributed by atoms with Gasteiger partial charge in [0.05, 0.1) is 6.54 Å². The first kappa shape index (κ1) is 12.2. The lowest BCUT2D eigenvalue weighted by Gasteiger charge is -2.16. The molecule has 1 unspecified atom stereocenters. The van der Waals surface area contributed by atoms with Crippen LogP contribution in [0.4, 0.5) is 0 Å². The van der Waals surface area contributed by atoms with Crippen molar-refractivity contribution >= 4 is 5.91 Å². The van der Waals surface area contributed by atoms with Crippen LogP contribution in [0, 0.1) is 11.8 Å². The molecule has 4 nitrogen and oxygen atoms in total. The number of hydrogen-bond acceptors (Lipinski definition) is 3. The van der Waals surface area contributed by atoms with Crippen molar-refractivity contribution in [2.45, 2.75) is 33.4 Å². The third-order valence-electron chi connectivity index (χ3n) is 3.41. The summed E-state index contributed by atoms with van der Waals surface area (Å²) in [6.07, 6.45) is 0.644. The average Bonchev–Trinajstić information content (AvgIpc) is 2.87.